The van der Waals surface area contributed by atoms with Crippen LogP contribution >= 0.6 is 11.8 Å². The van der Waals surface area contributed by atoms with Crippen molar-refractivity contribution in [2.24, 2.45) is 0 Å². The lowest BCUT2D eigenvalue weighted by Gasteiger charge is -2.29. The second kappa shape index (κ2) is 6.31. The van der Waals surface area contributed by atoms with Crippen molar-refractivity contribution in [1.29, 1.82) is 0 Å². The SMILES string of the molecule is CSCOc1ccccc1C1CCCCC1O. The highest BCUT2D eigenvalue weighted by atomic mass is 32.2. The van der Waals surface area contributed by atoms with E-state index in [9.17, 15) is 5.11 Å². The number of benzene rings is 1. The van der Waals surface area contributed by atoms with Gasteiger partial charge in [0.05, 0.1) is 6.10 Å². The Morgan fingerprint density at radius 1 is 1.29 bits per heavy atom. The molecule has 2 unspecified atom stereocenters. The van der Waals surface area contributed by atoms with Crippen LogP contribution in [0.1, 0.15) is 37.2 Å². The number of ether oxygens (including phenoxy) is 1. The van der Waals surface area contributed by atoms with E-state index in [0.717, 1.165) is 25.0 Å². The quantitative estimate of drug-likeness (QED) is 0.833. The van der Waals surface area contributed by atoms with Crippen LogP contribution in [0.2, 0.25) is 0 Å². The summed E-state index contributed by atoms with van der Waals surface area (Å²) >= 11 is 1.67. The van der Waals surface area contributed by atoms with Gasteiger partial charge in [-0.25, -0.2) is 0 Å². The predicted molar refractivity (Wildman–Crippen MR) is 72.7 cm³/mol. The van der Waals surface area contributed by atoms with Gasteiger partial charge in [0.15, 0.2) is 0 Å². The Morgan fingerprint density at radius 2 is 2.06 bits per heavy atom. The summed E-state index contributed by atoms with van der Waals surface area (Å²) in [6.07, 6.45) is 6.16. The van der Waals surface area contributed by atoms with Crippen molar-refractivity contribution in [3.63, 3.8) is 0 Å². The van der Waals surface area contributed by atoms with Gasteiger partial charge in [-0.15, -0.1) is 11.8 Å². The fourth-order valence-electron chi connectivity index (χ4n) is 2.51. The van der Waals surface area contributed by atoms with Crippen LogP contribution in [-0.2, 0) is 0 Å². The molecular formula is C14H20O2S. The zero-order chi connectivity index (χ0) is 12.1. The summed E-state index contributed by atoms with van der Waals surface area (Å²) in [5.41, 5.74) is 1.17. The summed E-state index contributed by atoms with van der Waals surface area (Å²) in [5, 5.41) is 10.1. The summed E-state index contributed by atoms with van der Waals surface area (Å²) in [5.74, 6) is 1.86. The van der Waals surface area contributed by atoms with Crippen LogP contribution in [0.15, 0.2) is 24.3 Å². The molecule has 94 valence electrons. The van der Waals surface area contributed by atoms with Crippen molar-refractivity contribution < 1.29 is 9.84 Å². The molecule has 3 heteroatoms. The normalized spacial score (nSPS) is 24.6. The van der Waals surface area contributed by atoms with E-state index in [-0.39, 0.29) is 12.0 Å². The van der Waals surface area contributed by atoms with Gasteiger partial charge in [-0.1, -0.05) is 31.0 Å². The van der Waals surface area contributed by atoms with Gasteiger partial charge in [-0.2, -0.15) is 0 Å². The van der Waals surface area contributed by atoms with E-state index in [1.807, 2.05) is 24.5 Å². The molecular weight excluding hydrogens is 232 g/mol. The van der Waals surface area contributed by atoms with E-state index < -0.39 is 0 Å². The fourth-order valence-corrected chi connectivity index (χ4v) is 2.76. The third-order valence-corrected chi connectivity index (χ3v) is 3.73. The topological polar surface area (TPSA) is 29.5 Å². The minimum absolute atomic E-state index is 0.206. The molecule has 0 radical (unpaired) electrons. The zero-order valence-electron chi connectivity index (χ0n) is 10.3. The van der Waals surface area contributed by atoms with Crippen molar-refractivity contribution in [1.82, 2.24) is 0 Å². The number of hydrogen-bond acceptors (Lipinski definition) is 3. The molecule has 2 nitrogen and oxygen atoms in total. The van der Waals surface area contributed by atoms with Crippen molar-refractivity contribution in [2.45, 2.75) is 37.7 Å². The molecule has 1 aromatic carbocycles. The Morgan fingerprint density at radius 3 is 2.82 bits per heavy atom. The summed E-state index contributed by atoms with van der Waals surface area (Å²) in [7, 11) is 0. The summed E-state index contributed by atoms with van der Waals surface area (Å²) < 4.78 is 5.74. The highest BCUT2D eigenvalue weighted by molar-refractivity contribution is 7.98. The Hall–Kier alpha value is -0.670. The zero-order valence-corrected chi connectivity index (χ0v) is 11.1. The highest BCUT2D eigenvalue weighted by Crippen LogP contribution is 2.37. The van der Waals surface area contributed by atoms with Crippen LogP contribution < -0.4 is 4.74 Å². The van der Waals surface area contributed by atoms with E-state index in [0.29, 0.717) is 5.94 Å². The van der Waals surface area contributed by atoms with Crippen molar-refractivity contribution in [2.75, 3.05) is 12.2 Å². The van der Waals surface area contributed by atoms with Crippen LogP contribution in [0, 0.1) is 0 Å². The van der Waals surface area contributed by atoms with Gasteiger partial charge >= 0.3 is 0 Å². The molecule has 0 bridgehead atoms. The number of aliphatic hydroxyl groups is 1. The third kappa shape index (κ3) is 3.17. The molecule has 1 N–H and O–H groups in total. The molecule has 0 aliphatic heterocycles. The Labute approximate surface area is 107 Å². The summed E-state index contributed by atoms with van der Waals surface area (Å²) in [6.45, 7) is 0. The Balaban J connectivity index is 2.17. The molecule has 0 aromatic heterocycles. The monoisotopic (exact) mass is 252 g/mol. The van der Waals surface area contributed by atoms with E-state index in [4.69, 9.17) is 4.74 Å². The second-order valence-electron chi connectivity index (χ2n) is 4.55. The molecule has 1 aromatic rings. The first-order valence-corrected chi connectivity index (χ1v) is 7.61. The van der Waals surface area contributed by atoms with E-state index >= 15 is 0 Å². The Kier molecular flexibility index (Phi) is 4.75. The predicted octanol–water partition coefficient (Wildman–Crippen LogP) is 3.40. The smallest absolute Gasteiger partial charge is 0.133 e. The van der Waals surface area contributed by atoms with Crippen molar-refractivity contribution >= 4 is 11.8 Å². The number of rotatable bonds is 4. The van der Waals surface area contributed by atoms with Gasteiger partial charge in [-0.3, -0.25) is 0 Å². The average molecular weight is 252 g/mol. The van der Waals surface area contributed by atoms with E-state index in [2.05, 4.69) is 6.07 Å². The Bertz CT molecular complexity index is 354. The molecule has 17 heavy (non-hydrogen) atoms. The molecule has 0 spiro atoms. The van der Waals surface area contributed by atoms with Crippen molar-refractivity contribution in [3.8, 4) is 5.75 Å². The van der Waals surface area contributed by atoms with Crippen LogP contribution in [0.25, 0.3) is 0 Å². The lowest BCUT2D eigenvalue weighted by Crippen LogP contribution is -2.23. The lowest BCUT2D eigenvalue weighted by atomic mass is 9.81. The minimum atomic E-state index is -0.206. The highest BCUT2D eigenvalue weighted by Gasteiger charge is 2.26. The molecule has 1 saturated carbocycles. The average Bonchev–Trinajstić information content (AvgIpc) is 2.37. The van der Waals surface area contributed by atoms with Gasteiger partial charge in [0, 0.05) is 5.92 Å². The number of aliphatic hydroxyl groups excluding tert-OH is 1. The van der Waals surface area contributed by atoms with Crippen LogP contribution in [0.4, 0.5) is 0 Å². The molecule has 1 aliphatic carbocycles. The number of hydrogen-bond donors (Lipinski definition) is 1. The molecule has 0 saturated heterocycles. The van der Waals surface area contributed by atoms with Gasteiger partial charge < -0.3 is 9.84 Å². The van der Waals surface area contributed by atoms with Gasteiger partial charge in [0.25, 0.3) is 0 Å². The first kappa shape index (κ1) is 12.8. The van der Waals surface area contributed by atoms with E-state index in [1.165, 1.54) is 12.0 Å². The van der Waals surface area contributed by atoms with Crippen LogP contribution in [0.5, 0.6) is 5.75 Å². The second-order valence-corrected chi connectivity index (χ2v) is 5.36. The fraction of sp³-hybridized carbons (Fsp3) is 0.571. The number of para-hydroxylation sites is 1. The van der Waals surface area contributed by atoms with Gasteiger partial charge in [0.2, 0.25) is 0 Å². The molecule has 0 amide bonds. The molecule has 2 rings (SSSR count). The van der Waals surface area contributed by atoms with Crippen LogP contribution in [-0.4, -0.2) is 23.4 Å². The van der Waals surface area contributed by atoms with Gasteiger partial charge in [-0.05, 0) is 30.7 Å². The van der Waals surface area contributed by atoms with E-state index in [1.54, 1.807) is 11.8 Å². The molecule has 1 aliphatic rings. The first-order valence-electron chi connectivity index (χ1n) is 6.21. The van der Waals surface area contributed by atoms with Crippen LogP contribution in [0.3, 0.4) is 0 Å². The first-order chi connectivity index (χ1) is 8.33. The molecule has 2 atom stereocenters. The third-order valence-electron chi connectivity index (χ3n) is 3.38. The summed E-state index contributed by atoms with van der Waals surface area (Å²) in [4.78, 5) is 0. The summed E-state index contributed by atoms with van der Waals surface area (Å²) in [6, 6.07) is 8.12. The maximum atomic E-state index is 10.1. The molecule has 0 heterocycles. The standard InChI is InChI=1S/C14H20O2S/c1-17-10-16-14-9-5-3-7-12(14)11-6-2-4-8-13(11)15/h3,5,7,9,11,13,15H,2,4,6,8,10H2,1H3. The maximum Gasteiger partial charge on any atom is 0.133 e. The minimum Gasteiger partial charge on any atom is -0.483 e. The van der Waals surface area contributed by atoms with Gasteiger partial charge in [0.1, 0.15) is 11.7 Å². The maximum absolute atomic E-state index is 10.1. The van der Waals surface area contributed by atoms with Crippen molar-refractivity contribution in [3.05, 3.63) is 29.8 Å². The largest absolute Gasteiger partial charge is 0.483 e. The lowest BCUT2D eigenvalue weighted by molar-refractivity contribution is 0.105. The number of thioether (sulfide) groups is 1. The molecule has 1 fully saturated rings.